The summed E-state index contributed by atoms with van der Waals surface area (Å²) in [5.74, 6) is -1.29. The van der Waals surface area contributed by atoms with E-state index >= 15 is 0 Å². The monoisotopic (exact) mass is 608 g/mol. The van der Waals surface area contributed by atoms with E-state index < -0.39 is 84.9 Å². The summed E-state index contributed by atoms with van der Waals surface area (Å²) >= 11 is 0. The first-order chi connectivity index (χ1) is 20.4. The number of phenolic OH excluding ortho intramolecular Hbond substituents is 2. The Morgan fingerprint density at radius 1 is 0.860 bits per heavy atom. The predicted octanol–water partition coefficient (Wildman–Crippen LogP) is -1.09. The second-order valence-electron chi connectivity index (χ2n) is 10.3. The molecule has 0 radical (unpaired) electrons. The Bertz CT molecular complexity index is 1490. The van der Waals surface area contributed by atoms with Gasteiger partial charge in [-0.05, 0) is 31.2 Å². The molecule has 1 aromatic heterocycles. The molecule has 43 heavy (non-hydrogen) atoms. The minimum absolute atomic E-state index is 0.193. The number of aromatic hydroxyl groups is 2. The van der Waals surface area contributed by atoms with Crippen LogP contribution >= 0.6 is 0 Å². The number of aliphatic hydroxyl groups excluding tert-OH is 6. The summed E-state index contributed by atoms with van der Waals surface area (Å²) in [6, 6.07) is 8.23. The summed E-state index contributed by atoms with van der Waals surface area (Å²) in [4.78, 5) is 13.8. The third-order valence-corrected chi connectivity index (χ3v) is 7.43. The van der Waals surface area contributed by atoms with Crippen molar-refractivity contribution >= 4 is 11.0 Å². The Hall–Kier alpha value is -3.51. The Morgan fingerprint density at radius 2 is 1.56 bits per heavy atom. The number of hydrogen-bond acceptors (Lipinski definition) is 15. The Balaban J connectivity index is 1.60. The summed E-state index contributed by atoms with van der Waals surface area (Å²) in [5, 5.41) is 82.2. The molecule has 3 heterocycles. The van der Waals surface area contributed by atoms with E-state index in [2.05, 4.69) is 0 Å². The van der Waals surface area contributed by atoms with Crippen molar-refractivity contribution in [2.75, 3.05) is 13.7 Å². The summed E-state index contributed by atoms with van der Waals surface area (Å²) < 4.78 is 33.9. The molecule has 0 unspecified atom stereocenters. The van der Waals surface area contributed by atoms with Crippen LogP contribution in [0.2, 0.25) is 0 Å². The molecule has 5 rings (SSSR count). The molecule has 234 valence electrons. The topological polar surface area (TPSA) is 238 Å². The SMILES string of the molecule is COc1ccc(-c2oc3cc(O)cc(O)c3c(=O)c2O[C@@H]2O[C@H](CO)[C@@H](O)[C@H](O)[C@H]2O[C@@H]2O[C@@H](C)[C@H](O)[C@@H](O)[C@H]2O)cc1. The number of hydrogen-bond donors (Lipinski definition) is 8. The lowest BCUT2D eigenvalue weighted by atomic mass is 9.97. The highest BCUT2D eigenvalue weighted by Crippen LogP contribution is 2.38. The molecule has 0 aliphatic carbocycles. The maximum Gasteiger partial charge on any atom is 0.239 e. The number of rotatable bonds is 7. The summed E-state index contributed by atoms with van der Waals surface area (Å²) in [6.45, 7) is 0.618. The maximum atomic E-state index is 13.8. The zero-order valence-electron chi connectivity index (χ0n) is 22.9. The molecule has 2 aliphatic rings. The zero-order chi connectivity index (χ0) is 31.2. The molecule has 0 bridgehead atoms. The number of fused-ring (bicyclic) bond motifs is 1. The van der Waals surface area contributed by atoms with E-state index in [0.717, 1.165) is 12.1 Å². The van der Waals surface area contributed by atoms with Crippen LogP contribution in [0.15, 0.2) is 45.6 Å². The second kappa shape index (κ2) is 12.2. The Labute approximate surface area is 243 Å². The van der Waals surface area contributed by atoms with Crippen molar-refractivity contribution in [3.63, 3.8) is 0 Å². The van der Waals surface area contributed by atoms with Crippen molar-refractivity contribution in [2.24, 2.45) is 0 Å². The molecular formula is C28H32O15. The van der Waals surface area contributed by atoms with Gasteiger partial charge in [-0.1, -0.05) is 0 Å². The lowest BCUT2D eigenvalue weighted by Crippen LogP contribution is -2.64. The molecule has 10 atom stereocenters. The van der Waals surface area contributed by atoms with Crippen LogP contribution in [-0.2, 0) is 14.2 Å². The number of methoxy groups -OCH3 is 1. The van der Waals surface area contributed by atoms with Crippen LogP contribution in [0, 0.1) is 0 Å². The fourth-order valence-electron chi connectivity index (χ4n) is 5.00. The van der Waals surface area contributed by atoms with Crippen molar-refractivity contribution in [3.8, 4) is 34.3 Å². The number of phenols is 2. The highest BCUT2D eigenvalue weighted by Gasteiger charge is 2.51. The van der Waals surface area contributed by atoms with Crippen molar-refractivity contribution in [2.45, 2.75) is 68.3 Å². The summed E-state index contributed by atoms with van der Waals surface area (Å²) in [5.41, 5.74) is -0.835. The highest BCUT2D eigenvalue weighted by atomic mass is 16.8. The fraction of sp³-hybridized carbons (Fsp3) is 0.464. The van der Waals surface area contributed by atoms with Crippen LogP contribution in [0.4, 0.5) is 0 Å². The van der Waals surface area contributed by atoms with Crippen LogP contribution in [0.3, 0.4) is 0 Å². The van der Waals surface area contributed by atoms with Gasteiger partial charge < -0.3 is 69.0 Å². The van der Waals surface area contributed by atoms with Gasteiger partial charge in [-0.15, -0.1) is 0 Å². The molecule has 8 N–H and O–H groups in total. The van der Waals surface area contributed by atoms with E-state index in [4.69, 9.17) is 28.1 Å². The molecule has 2 saturated heterocycles. The first-order valence-corrected chi connectivity index (χ1v) is 13.3. The molecule has 15 heteroatoms. The lowest BCUT2D eigenvalue weighted by Gasteiger charge is -2.45. The Morgan fingerprint density at radius 3 is 2.21 bits per heavy atom. The van der Waals surface area contributed by atoms with Crippen LogP contribution in [0.25, 0.3) is 22.3 Å². The Kier molecular flexibility index (Phi) is 8.80. The molecule has 2 aromatic carbocycles. The molecular weight excluding hydrogens is 576 g/mol. The fourth-order valence-corrected chi connectivity index (χ4v) is 5.00. The first kappa shape index (κ1) is 30.9. The van der Waals surface area contributed by atoms with Crippen LogP contribution in [0.5, 0.6) is 23.0 Å². The van der Waals surface area contributed by atoms with E-state index in [1.165, 1.54) is 26.2 Å². The minimum atomic E-state index is -1.85. The van der Waals surface area contributed by atoms with Gasteiger partial charge in [-0.25, -0.2) is 0 Å². The van der Waals surface area contributed by atoms with Crippen molar-refractivity contribution in [3.05, 3.63) is 46.6 Å². The highest BCUT2D eigenvalue weighted by molar-refractivity contribution is 5.88. The van der Waals surface area contributed by atoms with Crippen LogP contribution < -0.4 is 14.9 Å². The number of aliphatic hydroxyl groups is 6. The number of ether oxygens (including phenoxy) is 5. The summed E-state index contributed by atoms with van der Waals surface area (Å²) in [6.07, 6.45) is -16.2. The summed E-state index contributed by atoms with van der Waals surface area (Å²) in [7, 11) is 1.45. The average molecular weight is 609 g/mol. The normalized spacial score (nSPS) is 32.9. The smallest absolute Gasteiger partial charge is 0.239 e. The van der Waals surface area contributed by atoms with Crippen LogP contribution in [0.1, 0.15) is 6.92 Å². The molecule has 15 nitrogen and oxygen atoms in total. The quantitative estimate of drug-likeness (QED) is 0.159. The first-order valence-electron chi connectivity index (χ1n) is 13.3. The van der Waals surface area contributed by atoms with Gasteiger partial charge in [0, 0.05) is 17.7 Å². The molecule has 0 spiro atoms. The van der Waals surface area contributed by atoms with Gasteiger partial charge in [-0.2, -0.15) is 0 Å². The maximum absolute atomic E-state index is 13.8. The molecule has 2 aliphatic heterocycles. The predicted molar refractivity (Wildman–Crippen MR) is 143 cm³/mol. The number of benzene rings is 2. The van der Waals surface area contributed by atoms with Gasteiger partial charge in [0.25, 0.3) is 0 Å². The third kappa shape index (κ3) is 5.74. The van der Waals surface area contributed by atoms with Gasteiger partial charge >= 0.3 is 0 Å². The average Bonchev–Trinajstić information content (AvgIpc) is 2.98. The van der Waals surface area contributed by atoms with E-state index in [1.54, 1.807) is 12.1 Å². The largest absolute Gasteiger partial charge is 0.508 e. The van der Waals surface area contributed by atoms with Crippen LogP contribution in [-0.4, -0.2) is 116 Å². The van der Waals surface area contributed by atoms with E-state index in [1.807, 2.05) is 0 Å². The minimum Gasteiger partial charge on any atom is -0.508 e. The van der Waals surface area contributed by atoms with Gasteiger partial charge in [0.2, 0.25) is 17.5 Å². The second-order valence-corrected chi connectivity index (χ2v) is 10.3. The van der Waals surface area contributed by atoms with Crippen molar-refractivity contribution in [1.82, 2.24) is 0 Å². The zero-order valence-corrected chi connectivity index (χ0v) is 22.9. The molecule has 0 amide bonds. The van der Waals surface area contributed by atoms with Gasteiger partial charge in [0.1, 0.15) is 64.8 Å². The van der Waals surface area contributed by atoms with Gasteiger partial charge in [-0.3, -0.25) is 4.79 Å². The standard InChI is InChI=1S/C28H32O15/c1-10-18(32)21(35)23(37)27(39-10)43-26-22(36)19(33)16(9-29)41-28(26)42-25-20(34)17-14(31)7-12(30)8-15(17)40-24(25)11-3-5-13(38-2)6-4-11/h3-8,10,16,18-19,21-23,26-33,35-37H,9H2,1-2H3/t10-,16+,18-,19+,21+,22-,23+,26+,27-,28-/m0/s1. The molecule has 0 saturated carbocycles. The van der Waals surface area contributed by atoms with Gasteiger partial charge in [0.15, 0.2) is 18.2 Å². The molecule has 2 fully saturated rings. The van der Waals surface area contributed by atoms with Gasteiger partial charge in [0.05, 0.1) is 19.8 Å². The van der Waals surface area contributed by atoms with E-state index in [-0.39, 0.29) is 28.0 Å². The third-order valence-electron chi connectivity index (χ3n) is 7.43. The van der Waals surface area contributed by atoms with E-state index in [0.29, 0.717) is 5.75 Å². The molecule has 3 aromatic rings. The van der Waals surface area contributed by atoms with Crippen molar-refractivity contribution < 1.29 is 69.0 Å². The lowest BCUT2D eigenvalue weighted by molar-refractivity contribution is -0.354. The van der Waals surface area contributed by atoms with E-state index in [9.17, 15) is 45.6 Å². The van der Waals surface area contributed by atoms with Crippen molar-refractivity contribution in [1.29, 1.82) is 0 Å².